The first-order valence-electron chi connectivity index (χ1n) is 5.74. The van der Waals surface area contributed by atoms with Gasteiger partial charge in [-0.05, 0) is 23.9 Å². The summed E-state index contributed by atoms with van der Waals surface area (Å²) in [6.07, 6.45) is 1.46. The van der Waals surface area contributed by atoms with Crippen LogP contribution >= 0.6 is 0 Å². The first-order valence-corrected chi connectivity index (χ1v) is 5.74. The number of benzene rings is 1. The molecule has 0 unspecified atom stereocenters. The fourth-order valence-electron chi connectivity index (χ4n) is 1.70. The zero-order valence-corrected chi connectivity index (χ0v) is 10.4. The highest BCUT2D eigenvalue weighted by Gasteiger charge is 2.11. The molecule has 0 saturated heterocycles. The number of rotatable bonds is 4. The first kappa shape index (κ1) is 12.9. The molecule has 0 saturated carbocycles. The zero-order valence-electron chi connectivity index (χ0n) is 10.4. The van der Waals surface area contributed by atoms with Crippen molar-refractivity contribution in [2.45, 2.75) is 33.6 Å². The molecule has 2 heteroatoms. The Morgan fingerprint density at radius 2 is 1.75 bits per heavy atom. The fraction of sp³-hybridized carbons (Fsp3) is 0.500. The van der Waals surface area contributed by atoms with Crippen LogP contribution in [0.25, 0.3) is 0 Å². The summed E-state index contributed by atoms with van der Waals surface area (Å²) in [6, 6.07) is 7.88. The zero-order chi connectivity index (χ0) is 12.2. The van der Waals surface area contributed by atoms with Crippen LogP contribution in [0.1, 0.15) is 43.1 Å². The summed E-state index contributed by atoms with van der Waals surface area (Å²) >= 11 is 0. The van der Waals surface area contributed by atoms with E-state index in [2.05, 4.69) is 20.8 Å². The summed E-state index contributed by atoms with van der Waals surface area (Å²) in [6.45, 7) is 7.05. The Morgan fingerprint density at radius 3 is 2.19 bits per heavy atom. The fourth-order valence-corrected chi connectivity index (χ4v) is 1.70. The molecule has 0 bridgehead atoms. The van der Waals surface area contributed by atoms with Crippen LogP contribution in [-0.4, -0.2) is 12.3 Å². The second kappa shape index (κ2) is 5.26. The van der Waals surface area contributed by atoms with Crippen LogP contribution in [-0.2, 0) is 6.42 Å². The van der Waals surface area contributed by atoms with E-state index >= 15 is 0 Å². The standard InChI is InChI=1S/C14H21NO/c1-14(2,3)10-11-4-6-12(7-5-11)13(16)8-9-15/h4-7H,8-10,15H2,1-3H3. The van der Waals surface area contributed by atoms with Gasteiger partial charge in [-0.1, -0.05) is 45.0 Å². The van der Waals surface area contributed by atoms with Gasteiger partial charge in [0.25, 0.3) is 0 Å². The summed E-state index contributed by atoms with van der Waals surface area (Å²) < 4.78 is 0. The van der Waals surface area contributed by atoms with Crippen molar-refractivity contribution in [2.24, 2.45) is 11.1 Å². The van der Waals surface area contributed by atoms with Crippen molar-refractivity contribution in [2.75, 3.05) is 6.54 Å². The molecule has 1 aromatic rings. The van der Waals surface area contributed by atoms with Gasteiger partial charge in [0, 0.05) is 12.0 Å². The number of ketones is 1. The Morgan fingerprint density at radius 1 is 1.19 bits per heavy atom. The molecule has 0 fully saturated rings. The summed E-state index contributed by atoms with van der Waals surface area (Å²) in [4.78, 5) is 11.6. The van der Waals surface area contributed by atoms with Gasteiger partial charge in [-0.3, -0.25) is 4.79 Å². The number of Topliss-reactive ketones (excluding diaryl/α,β-unsaturated/α-hetero) is 1. The van der Waals surface area contributed by atoms with Crippen LogP contribution in [0, 0.1) is 5.41 Å². The Bertz CT molecular complexity index is 346. The van der Waals surface area contributed by atoms with Gasteiger partial charge in [-0.2, -0.15) is 0 Å². The minimum Gasteiger partial charge on any atom is -0.330 e. The van der Waals surface area contributed by atoms with Gasteiger partial charge in [0.1, 0.15) is 0 Å². The van der Waals surface area contributed by atoms with E-state index in [4.69, 9.17) is 5.73 Å². The number of carbonyl (C=O) groups is 1. The predicted molar refractivity (Wildman–Crippen MR) is 67.6 cm³/mol. The monoisotopic (exact) mass is 219 g/mol. The molecule has 0 radical (unpaired) electrons. The number of hydrogen-bond acceptors (Lipinski definition) is 2. The van der Waals surface area contributed by atoms with E-state index in [1.807, 2.05) is 24.3 Å². The van der Waals surface area contributed by atoms with Gasteiger partial charge in [0.15, 0.2) is 5.78 Å². The Labute approximate surface area is 97.9 Å². The molecule has 0 amide bonds. The summed E-state index contributed by atoms with van der Waals surface area (Å²) in [7, 11) is 0. The third-order valence-corrected chi connectivity index (χ3v) is 2.38. The molecule has 0 aromatic heterocycles. The normalized spacial score (nSPS) is 11.5. The summed E-state index contributed by atoms with van der Waals surface area (Å²) in [5.41, 5.74) is 7.68. The smallest absolute Gasteiger partial charge is 0.164 e. The topological polar surface area (TPSA) is 43.1 Å². The number of nitrogens with two attached hydrogens (primary N) is 1. The maximum absolute atomic E-state index is 11.6. The van der Waals surface area contributed by atoms with Crippen molar-refractivity contribution in [3.8, 4) is 0 Å². The van der Waals surface area contributed by atoms with Crippen LogP contribution in [0.15, 0.2) is 24.3 Å². The van der Waals surface area contributed by atoms with Gasteiger partial charge in [-0.25, -0.2) is 0 Å². The molecule has 1 aromatic carbocycles. The predicted octanol–water partition coefficient (Wildman–Crippen LogP) is 2.81. The molecule has 0 spiro atoms. The van der Waals surface area contributed by atoms with E-state index in [1.54, 1.807) is 0 Å². The highest BCUT2D eigenvalue weighted by atomic mass is 16.1. The number of carbonyl (C=O) groups excluding carboxylic acids is 1. The minimum absolute atomic E-state index is 0.129. The lowest BCUT2D eigenvalue weighted by atomic mass is 9.88. The molecule has 0 heterocycles. The van der Waals surface area contributed by atoms with Crippen LogP contribution in [0.4, 0.5) is 0 Å². The van der Waals surface area contributed by atoms with Crippen molar-refractivity contribution in [1.82, 2.24) is 0 Å². The Balaban J connectivity index is 2.72. The minimum atomic E-state index is 0.129. The van der Waals surface area contributed by atoms with E-state index in [0.717, 1.165) is 12.0 Å². The second-order valence-corrected chi connectivity index (χ2v) is 5.40. The Hall–Kier alpha value is -1.15. The molecule has 88 valence electrons. The first-order chi connectivity index (χ1) is 7.42. The molecule has 0 atom stereocenters. The Kier molecular flexibility index (Phi) is 4.25. The molecule has 0 aliphatic rings. The molecule has 0 aliphatic heterocycles. The average Bonchev–Trinajstić information content (AvgIpc) is 2.16. The second-order valence-electron chi connectivity index (χ2n) is 5.40. The maximum atomic E-state index is 11.6. The molecular formula is C14H21NO. The third kappa shape index (κ3) is 4.15. The van der Waals surface area contributed by atoms with E-state index in [9.17, 15) is 4.79 Å². The molecule has 1 rings (SSSR count). The van der Waals surface area contributed by atoms with Gasteiger partial charge in [0.05, 0.1) is 0 Å². The highest BCUT2D eigenvalue weighted by molar-refractivity contribution is 5.96. The van der Waals surface area contributed by atoms with Crippen LogP contribution in [0.3, 0.4) is 0 Å². The SMILES string of the molecule is CC(C)(C)Cc1ccc(C(=O)CCN)cc1. The molecule has 0 aliphatic carbocycles. The van der Waals surface area contributed by atoms with Crippen LogP contribution in [0.5, 0.6) is 0 Å². The van der Waals surface area contributed by atoms with Gasteiger partial charge in [-0.15, -0.1) is 0 Å². The number of hydrogen-bond donors (Lipinski definition) is 1. The van der Waals surface area contributed by atoms with E-state index in [1.165, 1.54) is 5.56 Å². The summed E-state index contributed by atoms with van der Waals surface area (Å²) in [5.74, 6) is 0.129. The van der Waals surface area contributed by atoms with Crippen molar-refractivity contribution >= 4 is 5.78 Å². The molecule has 2 nitrogen and oxygen atoms in total. The average molecular weight is 219 g/mol. The van der Waals surface area contributed by atoms with Gasteiger partial charge in [0.2, 0.25) is 0 Å². The molecule has 2 N–H and O–H groups in total. The lowest BCUT2D eigenvalue weighted by molar-refractivity contribution is 0.0985. The van der Waals surface area contributed by atoms with E-state index in [0.29, 0.717) is 13.0 Å². The molecule has 16 heavy (non-hydrogen) atoms. The van der Waals surface area contributed by atoms with Gasteiger partial charge >= 0.3 is 0 Å². The van der Waals surface area contributed by atoms with E-state index in [-0.39, 0.29) is 11.2 Å². The largest absolute Gasteiger partial charge is 0.330 e. The highest BCUT2D eigenvalue weighted by Crippen LogP contribution is 2.20. The molecular weight excluding hydrogens is 198 g/mol. The van der Waals surface area contributed by atoms with Crippen molar-refractivity contribution in [3.05, 3.63) is 35.4 Å². The third-order valence-electron chi connectivity index (χ3n) is 2.38. The lowest BCUT2D eigenvalue weighted by Gasteiger charge is -2.18. The summed E-state index contributed by atoms with van der Waals surface area (Å²) in [5, 5.41) is 0. The van der Waals surface area contributed by atoms with E-state index < -0.39 is 0 Å². The van der Waals surface area contributed by atoms with Crippen LogP contribution < -0.4 is 5.73 Å². The van der Waals surface area contributed by atoms with Crippen LogP contribution in [0.2, 0.25) is 0 Å². The maximum Gasteiger partial charge on any atom is 0.164 e. The van der Waals surface area contributed by atoms with Crippen molar-refractivity contribution in [1.29, 1.82) is 0 Å². The van der Waals surface area contributed by atoms with Crippen molar-refractivity contribution in [3.63, 3.8) is 0 Å². The quantitative estimate of drug-likeness (QED) is 0.791. The lowest BCUT2D eigenvalue weighted by Crippen LogP contribution is -2.10. The van der Waals surface area contributed by atoms with Gasteiger partial charge < -0.3 is 5.73 Å². The van der Waals surface area contributed by atoms with Crippen molar-refractivity contribution < 1.29 is 4.79 Å².